The summed E-state index contributed by atoms with van der Waals surface area (Å²) < 4.78 is 7.56. The average Bonchev–Trinajstić information content (AvgIpc) is 3.23. The minimum Gasteiger partial charge on any atom is -0.508 e. The van der Waals surface area contributed by atoms with Gasteiger partial charge in [0.05, 0.1) is 6.61 Å². The maximum absolute atomic E-state index is 12.8. The number of ether oxygens (including phenoxy) is 1. The minimum atomic E-state index is -0.514. The van der Waals surface area contributed by atoms with E-state index < -0.39 is 5.25 Å². The van der Waals surface area contributed by atoms with Crippen LogP contribution in [0.15, 0.2) is 59.8 Å². The zero-order chi connectivity index (χ0) is 21.6. The van der Waals surface area contributed by atoms with Crippen molar-refractivity contribution in [2.75, 3.05) is 6.61 Å². The Balaban J connectivity index is 1.74. The molecule has 0 amide bonds. The van der Waals surface area contributed by atoms with Gasteiger partial charge in [0, 0.05) is 11.6 Å². The Morgan fingerprint density at radius 3 is 2.48 bits per heavy atom. The van der Waals surface area contributed by atoms with E-state index in [9.17, 15) is 9.90 Å². The van der Waals surface area contributed by atoms with Crippen LogP contribution in [0.25, 0.3) is 11.4 Å². The molecule has 0 spiro atoms. The summed E-state index contributed by atoms with van der Waals surface area (Å²) in [5.41, 5.74) is 1.78. The number of hydrogen-bond acceptors (Lipinski definition) is 6. The molecule has 3 aromatic rings. The normalized spacial score (nSPS) is 15.5. The second kappa shape index (κ2) is 10.0. The van der Waals surface area contributed by atoms with E-state index in [2.05, 4.69) is 14.8 Å². The van der Waals surface area contributed by atoms with Crippen molar-refractivity contribution in [3.8, 4) is 17.1 Å². The smallest absolute Gasteiger partial charge is 0.324 e. The van der Waals surface area contributed by atoms with Gasteiger partial charge in [0.2, 0.25) is 0 Å². The van der Waals surface area contributed by atoms with Gasteiger partial charge in [-0.1, -0.05) is 61.4 Å². The van der Waals surface area contributed by atoms with Crippen molar-refractivity contribution in [1.82, 2.24) is 14.8 Å². The lowest BCUT2D eigenvalue weighted by Gasteiger charge is -2.26. The van der Waals surface area contributed by atoms with Gasteiger partial charge in [0.15, 0.2) is 11.0 Å². The van der Waals surface area contributed by atoms with Gasteiger partial charge in [-0.15, -0.1) is 10.2 Å². The van der Waals surface area contributed by atoms with Crippen LogP contribution in [0.2, 0.25) is 0 Å². The van der Waals surface area contributed by atoms with E-state index in [4.69, 9.17) is 4.74 Å². The maximum Gasteiger partial charge on any atom is 0.324 e. The monoisotopic (exact) mass is 437 g/mol. The highest BCUT2D eigenvalue weighted by molar-refractivity contribution is 8.00. The summed E-state index contributed by atoms with van der Waals surface area (Å²) in [4.78, 5) is 12.8. The van der Waals surface area contributed by atoms with E-state index in [-0.39, 0.29) is 17.8 Å². The number of rotatable bonds is 7. The van der Waals surface area contributed by atoms with E-state index in [1.54, 1.807) is 12.1 Å². The zero-order valence-corrected chi connectivity index (χ0v) is 18.4. The van der Waals surface area contributed by atoms with Crippen LogP contribution in [0, 0.1) is 0 Å². The Bertz CT molecular complexity index is 999. The highest BCUT2D eigenvalue weighted by Gasteiger charge is 2.30. The van der Waals surface area contributed by atoms with Gasteiger partial charge in [0.1, 0.15) is 11.0 Å². The Kier molecular flexibility index (Phi) is 6.92. The summed E-state index contributed by atoms with van der Waals surface area (Å²) in [7, 11) is 0. The van der Waals surface area contributed by atoms with Crippen molar-refractivity contribution in [3.63, 3.8) is 0 Å². The van der Waals surface area contributed by atoms with E-state index >= 15 is 0 Å². The molecule has 6 nitrogen and oxygen atoms in total. The molecule has 31 heavy (non-hydrogen) atoms. The second-order valence-electron chi connectivity index (χ2n) is 7.68. The number of hydrogen-bond donors (Lipinski definition) is 1. The second-order valence-corrected chi connectivity index (χ2v) is 8.75. The number of esters is 1. The highest BCUT2D eigenvalue weighted by atomic mass is 32.2. The van der Waals surface area contributed by atoms with Crippen molar-refractivity contribution in [1.29, 1.82) is 0 Å². The number of benzene rings is 2. The van der Waals surface area contributed by atoms with E-state index in [0.29, 0.717) is 6.61 Å². The van der Waals surface area contributed by atoms with E-state index in [1.165, 1.54) is 31.0 Å². The topological polar surface area (TPSA) is 77.2 Å². The van der Waals surface area contributed by atoms with Crippen LogP contribution in [-0.2, 0) is 9.53 Å². The van der Waals surface area contributed by atoms with Crippen molar-refractivity contribution < 1.29 is 14.6 Å². The van der Waals surface area contributed by atoms with E-state index in [1.807, 2.05) is 49.4 Å². The lowest BCUT2D eigenvalue weighted by Crippen LogP contribution is -2.17. The molecule has 1 aliphatic carbocycles. The standard InChI is InChI=1S/C24H27N3O3S/c1-2-30-23(29)21(17-9-5-3-6-10-17)31-24-26-25-22(18-13-15-20(28)16-14-18)27(24)19-11-7-4-8-12-19/h3,5-6,9-10,13-16,19,21,28H,2,4,7-8,11-12H2,1H3. The van der Waals surface area contributed by atoms with Gasteiger partial charge in [-0.3, -0.25) is 9.36 Å². The molecule has 1 atom stereocenters. The number of aromatic nitrogens is 3. The molecule has 1 saturated carbocycles. The number of aromatic hydroxyl groups is 1. The molecule has 4 rings (SSSR count). The van der Waals surface area contributed by atoms with Gasteiger partial charge in [-0.2, -0.15) is 0 Å². The first-order chi connectivity index (χ1) is 15.2. The number of carbonyl (C=O) groups is 1. The maximum atomic E-state index is 12.8. The van der Waals surface area contributed by atoms with Crippen LogP contribution in [0.3, 0.4) is 0 Å². The van der Waals surface area contributed by atoms with Gasteiger partial charge >= 0.3 is 5.97 Å². The molecular weight excluding hydrogens is 410 g/mol. The molecular formula is C24H27N3O3S. The van der Waals surface area contributed by atoms with Gasteiger partial charge in [0.25, 0.3) is 0 Å². The van der Waals surface area contributed by atoms with Gasteiger partial charge < -0.3 is 9.84 Å². The van der Waals surface area contributed by atoms with Crippen molar-refractivity contribution in [2.45, 2.75) is 55.5 Å². The van der Waals surface area contributed by atoms with E-state index in [0.717, 1.165) is 34.9 Å². The number of carbonyl (C=O) groups excluding carboxylic acids is 1. The van der Waals surface area contributed by atoms with Crippen LogP contribution in [0.4, 0.5) is 0 Å². The molecule has 162 valence electrons. The van der Waals surface area contributed by atoms with Crippen molar-refractivity contribution >= 4 is 17.7 Å². The third kappa shape index (κ3) is 4.93. The molecule has 1 unspecified atom stereocenters. The molecule has 1 fully saturated rings. The first kappa shape index (κ1) is 21.4. The molecule has 1 N–H and O–H groups in total. The summed E-state index contributed by atoms with van der Waals surface area (Å²) in [6.45, 7) is 2.15. The Morgan fingerprint density at radius 1 is 1.10 bits per heavy atom. The Morgan fingerprint density at radius 2 is 1.81 bits per heavy atom. The fourth-order valence-electron chi connectivity index (χ4n) is 4.04. The Labute approximate surface area is 186 Å². The van der Waals surface area contributed by atoms with Crippen LogP contribution in [0.5, 0.6) is 5.75 Å². The zero-order valence-electron chi connectivity index (χ0n) is 17.6. The SMILES string of the molecule is CCOC(=O)C(Sc1nnc(-c2ccc(O)cc2)n1C1CCCCC1)c1ccccc1. The Hall–Kier alpha value is -2.80. The lowest BCUT2D eigenvalue weighted by molar-refractivity contribution is -0.142. The summed E-state index contributed by atoms with van der Waals surface area (Å²) in [5, 5.41) is 18.9. The first-order valence-corrected chi connectivity index (χ1v) is 11.7. The van der Waals surface area contributed by atoms with Crippen LogP contribution in [-0.4, -0.2) is 32.4 Å². The van der Waals surface area contributed by atoms with Crippen LogP contribution >= 0.6 is 11.8 Å². The molecule has 1 aliphatic rings. The quantitative estimate of drug-likeness (QED) is 0.386. The number of nitrogens with zero attached hydrogens (tertiary/aromatic N) is 3. The molecule has 0 aliphatic heterocycles. The minimum absolute atomic E-state index is 0.216. The van der Waals surface area contributed by atoms with Gasteiger partial charge in [-0.25, -0.2) is 0 Å². The van der Waals surface area contributed by atoms with Crippen LogP contribution < -0.4 is 0 Å². The molecule has 1 aromatic heterocycles. The molecule has 2 aromatic carbocycles. The predicted octanol–water partition coefficient (Wildman–Crippen LogP) is 5.55. The summed E-state index contributed by atoms with van der Waals surface area (Å²) >= 11 is 1.39. The first-order valence-electron chi connectivity index (χ1n) is 10.8. The van der Waals surface area contributed by atoms with Crippen molar-refractivity contribution in [2.24, 2.45) is 0 Å². The summed E-state index contributed by atoms with van der Waals surface area (Å²) in [5.74, 6) is 0.710. The largest absolute Gasteiger partial charge is 0.508 e. The van der Waals surface area contributed by atoms with Crippen LogP contribution in [0.1, 0.15) is 55.9 Å². The lowest BCUT2D eigenvalue weighted by atomic mass is 9.95. The fourth-order valence-corrected chi connectivity index (χ4v) is 5.14. The summed E-state index contributed by atoms with van der Waals surface area (Å²) in [6.07, 6.45) is 5.70. The number of thioether (sulfide) groups is 1. The van der Waals surface area contributed by atoms with Crippen molar-refractivity contribution in [3.05, 3.63) is 60.2 Å². The predicted molar refractivity (Wildman–Crippen MR) is 121 cm³/mol. The summed E-state index contributed by atoms with van der Waals surface area (Å²) in [6, 6.07) is 17.0. The number of phenolic OH excluding ortho intramolecular Hbond substituents is 1. The highest BCUT2D eigenvalue weighted by Crippen LogP contribution is 2.41. The molecule has 0 bridgehead atoms. The third-order valence-electron chi connectivity index (χ3n) is 5.56. The molecule has 1 heterocycles. The number of phenols is 1. The average molecular weight is 438 g/mol. The van der Waals surface area contributed by atoms with Gasteiger partial charge in [-0.05, 0) is 49.6 Å². The third-order valence-corrected chi connectivity index (χ3v) is 6.75. The fraction of sp³-hybridized carbons (Fsp3) is 0.375. The molecule has 7 heteroatoms. The molecule has 0 radical (unpaired) electrons. The molecule has 0 saturated heterocycles.